The normalized spacial score (nSPS) is 10.4. The van der Waals surface area contributed by atoms with Crippen LogP contribution in [0.1, 0.15) is 11.1 Å². The summed E-state index contributed by atoms with van der Waals surface area (Å²) in [6, 6.07) is 11.0. The van der Waals surface area contributed by atoms with Crippen molar-refractivity contribution in [3.8, 4) is 0 Å². The van der Waals surface area contributed by atoms with E-state index < -0.39 is 0 Å². The molecule has 0 saturated carbocycles. The first-order chi connectivity index (χ1) is 9.49. The van der Waals surface area contributed by atoms with E-state index in [1.165, 1.54) is 11.6 Å². The molecule has 0 atom stereocenters. The second-order valence-electron chi connectivity index (χ2n) is 4.96. The molecule has 0 aliphatic rings. The van der Waals surface area contributed by atoms with Crippen LogP contribution >= 0.6 is 11.6 Å². The van der Waals surface area contributed by atoms with Crippen molar-refractivity contribution in [1.82, 2.24) is 0 Å². The first-order valence-corrected chi connectivity index (χ1v) is 6.81. The summed E-state index contributed by atoms with van der Waals surface area (Å²) in [4.78, 5) is 2.07. The average Bonchev–Trinajstić information content (AvgIpc) is 2.41. The molecule has 1 N–H and O–H groups in total. The summed E-state index contributed by atoms with van der Waals surface area (Å²) in [7, 11) is 4.02. The molecule has 0 fully saturated rings. The maximum Gasteiger partial charge on any atom is 0.142 e. The van der Waals surface area contributed by atoms with E-state index in [1.807, 2.05) is 26.2 Å². The molecule has 2 aromatic rings. The van der Waals surface area contributed by atoms with Gasteiger partial charge in [-0.1, -0.05) is 29.8 Å². The van der Waals surface area contributed by atoms with Crippen molar-refractivity contribution in [3.05, 3.63) is 58.4 Å². The van der Waals surface area contributed by atoms with Gasteiger partial charge in [0, 0.05) is 32.0 Å². The van der Waals surface area contributed by atoms with E-state index in [-0.39, 0.29) is 10.8 Å². The zero-order chi connectivity index (χ0) is 14.7. The molecular weight excluding hydrogens is 275 g/mol. The van der Waals surface area contributed by atoms with Gasteiger partial charge in [0.1, 0.15) is 5.82 Å². The highest BCUT2D eigenvalue weighted by molar-refractivity contribution is 6.31. The van der Waals surface area contributed by atoms with Crippen LogP contribution < -0.4 is 10.2 Å². The third-order valence-electron chi connectivity index (χ3n) is 3.21. The number of anilines is 2. The Bertz CT molecular complexity index is 611. The van der Waals surface area contributed by atoms with Crippen molar-refractivity contribution in [2.24, 2.45) is 0 Å². The standard InChI is InChI=1S/C16H18ClFN2/c1-11-7-8-13(9-15(11)20(2)3)19-10-12-5-4-6-14(18)16(12)17/h4-9,19H,10H2,1-3H3. The summed E-state index contributed by atoms with van der Waals surface area (Å²) in [5.41, 5.74) is 4.10. The minimum atomic E-state index is -0.385. The molecule has 2 rings (SSSR count). The van der Waals surface area contributed by atoms with Crippen LogP contribution in [0, 0.1) is 12.7 Å². The van der Waals surface area contributed by atoms with Crippen molar-refractivity contribution >= 4 is 23.0 Å². The zero-order valence-corrected chi connectivity index (χ0v) is 12.6. The van der Waals surface area contributed by atoms with Crippen LogP contribution in [0.5, 0.6) is 0 Å². The Hall–Kier alpha value is -1.74. The molecule has 0 unspecified atom stereocenters. The molecule has 2 aromatic carbocycles. The molecule has 0 aromatic heterocycles. The Balaban J connectivity index is 2.15. The van der Waals surface area contributed by atoms with Crippen LogP contribution in [0.25, 0.3) is 0 Å². The van der Waals surface area contributed by atoms with Crippen molar-refractivity contribution in [2.45, 2.75) is 13.5 Å². The quantitative estimate of drug-likeness (QED) is 0.894. The Labute approximate surface area is 124 Å². The van der Waals surface area contributed by atoms with E-state index >= 15 is 0 Å². The topological polar surface area (TPSA) is 15.3 Å². The molecule has 0 radical (unpaired) electrons. The lowest BCUT2D eigenvalue weighted by Crippen LogP contribution is -2.11. The highest BCUT2D eigenvalue weighted by Crippen LogP contribution is 2.24. The highest BCUT2D eigenvalue weighted by Gasteiger charge is 2.06. The van der Waals surface area contributed by atoms with Crippen molar-refractivity contribution in [3.63, 3.8) is 0 Å². The summed E-state index contributed by atoms with van der Waals surface area (Å²) < 4.78 is 13.4. The lowest BCUT2D eigenvalue weighted by Gasteiger charge is -2.17. The second-order valence-corrected chi connectivity index (χ2v) is 5.34. The smallest absolute Gasteiger partial charge is 0.142 e. The van der Waals surface area contributed by atoms with Gasteiger partial charge in [0.15, 0.2) is 0 Å². The first kappa shape index (κ1) is 14.7. The molecule has 20 heavy (non-hydrogen) atoms. The zero-order valence-electron chi connectivity index (χ0n) is 11.9. The number of hydrogen-bond donors (Lipinski definition) is 1. The fraction of sp³-hybridized carbons (Fsp3) is 0.250. The molecule has 0 amide bonds. The van der Waals surface area contributed by atoms with Gasteiger partial charge in [-0.15, -0.1) is 0 Å². The van der Waals surface area contributed by atoms with Gasteiger partial charge in [0.05, 0.1) is 5.02 Å². The monoisotopic (exact) mass is 292 g/mol. The molecule has 0 spiro atoms. The third-order valence-corrected chi connectivity index (χ3v) is 3.63. The van der Waals surface area contributed by atoms with Crippen molar-refractivity contribution < 1.29 is 4.39 Å². The number of hydrogen-bond acceptors (Lipinski definition) is 2. The van der Waals surface area contributed by atoms with E-state index in [4.69, 9.17) is 11.6 Å². The lowest BCUT2D eigenvalue weighted by atomic mass is 10.1. The fourth-order valence-electron chi connectivity index (χ4n) is 2.08. The van der Waals surface area contributed by atoms with Gasteiger partial charge >= 0.3 is 0 Å². The van der Waals surface area contributed by atoms with E-state index in [0.29, 0.717) is 6.54 Å². The Morgan fingerprint density at radius 1 is 1.20 bits per heavy atom. The van der Waals surface area contributed by atoms with Gasteiger partial charge in [0.25, 0.3) is 0 Å². The van der Waals surface area contributed by atoms with Crippen molar-refractivity contribution in [2.75, 3.05) is 24.3 Å². The fourth-order valence-corrected chi connectivity index (χ4v) is 2.28. The molecule has 0 saturated heterocycles. The van der Waals surface area contributed by atoms with Crippen LogP contribution in [-0.2, 0) is 6.54 Å². The van der Waals surface area contributed by atoms with Gasteiger partial charge in [-0.05, 0) is 36.2 Å². The van der Waals surface area contributed by atoms with Crippen LogP contribution in [-0.4, -0.2) is 14.1 Å². The Morgan fingerprint density at radius 3 is 2.65 bits per heavy atom. The third kappa shape index (κ3) is 3.23. The summed E-state index contributed by atoms with van der Waals surface area (Å²) in [5, 5.41) is 3.45. The molecule has 4 heteroatoms. The summed E-state index contributed by atoms with van der Waals surface area (Å²) in [6.45, 7) is 2.56. The van der Waals surface area contributed by atoms with Gasteiger partial charge in [-0.3, -0.25) is 0 Å². The number of rotatable bonds is 4. The molecule has 0 bridgehead atoms. The van der Waals surface area contributed by atoms with E-state index in [2.05, 4.69) is 29.3 Å². The molecule has 106 valence electrons. The number of benzene rings is 2. The van der Waals surface area contributed by atoms with E-state index in [9.17, 15) is 4.39 Å². The van der Waals surface area contributed by atoms with Crippen LogP contribution in [0.4, 0.5) is 15.8 Å². The molecular formula is C16H18ClFN2. The number of nitrogens with zero attached hydrogens (tertiary/aromatic N) is 1. The summed E-state index contributed by atoms with van der Waals surface area (Å²) in [5.74, 6) is -0.385. The minimum Gasteiger partial charge on any atom is -0.381 e. The number of aryl methyl sites for hydroxylation is 1. The SMILES string of the molecule is Cc1ccc(NCc2cccc(F)c2Cl)cc1N(C)C. The van der Waals surface area contributed by atoms with Crippen LogP contribution in [0.3, 0.4) is 0 Å². The largest absolute Gasteiger partial charge is 0.381 e. The maximum atomic E-state index is 13.4. The first-order valence-electron chi connectivity index (χ1n) is 6.44. The lowest BCUT2D eigenvalue weighted by molar-refractivity contribution is 0.626. The summed E-state index contributed by atoms with van der Waals surface area (Å²) in [6.07, 6.45) is 0. The molecule has 0 aliphatic heterocycles. The van der Waals surface area contributed by atoms with Gasteiger partial charge < -0.3 is 10.2 Å². The minimum absolute atomic E-state index is 0.181. The highest BCUT2D eigenvalue weighted by atomic mass is 35.5. The van der Waals surface area contributed by atoms with Crippen molar-refractivity contribution in [1.29, 1.82) is 0 Å². The number of nitrogens with one attached hydrogen (secondary N) is 1. The maximum absolute atomic E-state index is 13.4. The van der Waals surface area contributed by atoms with Gasteiger partial charge in [-0.2, -0.15) is 0 Å². The summed E-state index contributed by atoms with van der Waals surface area (Å²) >= 11 is 5.94. The van der Waals surface area contributed by atoms with E-state index in [0.717, 1.165) is 16.9 Å². The molecule has 0 heterocycles. The second kappa shape index (κ2) is 6.14. The van der Waals surface area contributed by atoms with Gasteiger partial charge in [-0.25, -0.2) is 4.39 Å². The average molecular weight is 293 g/mol. The Kier molecular flexibility index (Phi) is 4.50. The Morgan fingerprint density at radius 2 is 1.95 bits per heavy atom. The van der Waals surface area contributed by atoms with Crippen LogP contribution in [0.2, 0.25) is 5.02 Å². The molecule has 0 aliphatic carbocycles. The number of halogens is 2. The van der Waals surface area contributed by atoms with E-state index in [1.54, 1.807) is 6.07 Å². The predicted octanol–water partition coefficient (Wildman–Crippen LogP) is 4.47. The van der Waals surface area contributed by atoms with Crippen LogP contribution in [0.15, 0.2) is 36.4 Å². The predicted molar refractivity (Wildman–Crippen MR) is 84.2 cm³/mol. The molecule has 2 nitrogen and oxygen atoms in total. The van der Waals surface area contributed by atoms with Gasteiger partial charge in [0.2, 0.25) is 0 Å².